The van der Waals surface area contributed by atoms with Gasteiger partial charge in [-0.1, -0.05) is 140 Å². The van der Waals surface area contributed by atoms with Crippen molar-refractivity contribution in [1.29, 1.82) is 0 Å². The first kappa shape index (κ1) is 41.4. The lowest BCUT2D eigenvalue weighted by Crippen LogP contribution is -2.64. The van der Waals surface area contributed by atoms with Crippen LogP contribution in [-0.4, -0.2) is 69.9 Å². The topological polar surface area (TPSA) is 139 Å². The van der Waals surface area contributed by atoms with E-state index < -0.39 is 30.6 Å². The van der Waals surface area contributed by atoms with Crippen LogP contribution in [0.15, 0.2) is 17.3 Å². The normalized spacial score (nSPS) is 21.7. The van der Waals surface area contributed by atoms with Crippen molar-refractivity contribution in [1.82, 2.24) is 4.90 Å². The molecule has 9 nitrogen and oxygen atoms in total. The number of ether oxygens (including phenoxy) is 1. The SMILES string of the molecule is CCCCCCCC/C=C\CCCCCCCC(=O)N(CCCCCCCCCCCC)[C@@H]1O[C@H](CN=[N+]=[N-])[C@@H](O)[C@H](O)[C@H]1O. The molecule has 1 heterocycles. The summed E-state index contributed by atoms with van der Waals surface area (Å²) in [5, 5.41) is 35.2. The molecule has 3 N–H and O–H groups in total. The number of carbonyl (C=O) groups is 1. The molecule has 45 heavy (non-hydrogen) atoms. The fourth-order valence-electron chi connectivity index (χ4n) is 6.11. The molecule has 1 fully saturated rings. The summed E-state index contributed by atoms with van der Waals surface area (Å²) >= 11 is 0. The molecule has 9 heteroatoms. The summed E-state index contributed by atoms with van der Waals surface area (Å²) < 4.78 is 5.91. The maximum atomic E-state index is 13.4. The molecule has 1 amide bonds. The zero-order chi connectivity index (χ0) is 33.0. The van der Waals surface area contributed by atoms with E-state index in [-0.39, 0.29) is 12.5 Å². The van der Waals surface area contributed by atoms with Gasteiger partial charge in [0.25, 0.3) is 0 Å². The van der Waals surface area contributed by atoms with E-state index in [9.17, 15) is 20.1 Å². The number of azide groups is 1. The van der Waals surface area contributed by atoms with E-state index in [0.717, 1.165) is 51.4 Å². The van der Waals surface area contributed by atoms with Gasteiger partial charge in [-0.05, 0) is 44.1 Å². The zero-order valence-electron chi connectivity index (χ0n) is 28.9. The fourth-order valence-corrected chi connectivity index (χ4v) is 6.11. The predicted molar refractivity (Wildman–Crippen MR) is 184 cm³/mol. The van der Waals surface area contributed by atoms with Crippen LogP contribution in [0.25, 0.3) is 10.4 Å². The lowest BCUT2D eigenvalue weighted by atomic mass is 9.97. The third kappa shape index (κ3) is 19.6. The van der Waals surface area contributed by atoms with Gasteiger partial charge >= 0.3 is 0 Å². The van der Waals surface area contributed by atoms with Gasteiger partial charge in [-0.25, -0.2) is 0 Å². The van der Waals surface area contributed by atoms with Gasteiger partial charge in [0.05, 0.1) is 12.6 Å². The number of rotatable bonds is 29. The minimum Gasteiger partial charge on any atom is -0.388 e. The van der Waals surface area contributed by atoms with Crippen LogP contribution < -0.4 is 0 Å². The van der Waals surface area contributed by atoms with Gasteiger partial charge in [0.2, 0.25) is 5.91 Å². The molecular formula is C36H68N4O5. The maximum absolute atomic E-state index is 13.4. The van der Waals surface area contributed by atoms with Crippen molar-refractivity contribution in [2.45, 2.75) is 199 Å². The summed E-state index contributed by atoms with van der Waals surface area (Å²) in [6.45, 7) is 4.71. The van der Waals surface area contributed by atoms with Crippen LogP contribution in [0.2, 0.25) is 0 Å². The second kappa shape index (κ2) is 28.6. The van der Waals surface area contributed by atoms with Gasteiger partial charge in [-0.2, -0.15) is 0 Å². The Hall–Kier alpha value is -1.64. The summed E-state index contributed by atoms with van der Waals surface area (Å²) in [4.78, 5) is 17.7. The van der Waals surface area contributed by atoms with Gasteiger partial charge in [-0.15, -0.1) is 0 Å². The summed E-state index contributed by atoms with van der Waals surface area (Å²) in [5.74, 6) is -0.112. The minimum atomic E-state index is -1.49. The number of hydrogen-bond acceptors (Lipinski definition) is 6. The number of allylic oxidation sites excluding steroid dienone is 2. The van der Waals surface area contributed by atoms with E-state index >= 15 is 0 Å². The third-order valence-electron chi connectivity index (χ3n) is 9.04. The molecule has 0 aromatic carbocycles. The second-order valence-corrected chi connectivity index (χ2v) is 13.1. The number of aliphatic hydroxyl groups excluding tert-OH is 3. The monoisotopic (exact) mass is 637 g/mol. The average molecular weight is 637 g/mol. The highest BCUT2D eigenvalue weighted by Gasteiger charge is 2.46. The van der Waals surface area contributed by atoms with E-state index in [2.05, 4.69) is 36.0 Å². The Bertz CT molecular complexity index is 791. The molecule has 262 valence electrons. The van der Waals surface area contributed by atoms with Crippen molar-refractivity contribution in [3.05, 3.63) is 22.6 Å². The number of unbranched alkanes of at least 4 members (excludes halogenated alkanes) is 20. The van der Waals surface area contributed by atoms with Crippen LogP contribution in [0.4, 0.5) is 0 Å². The third-order valence-corrected chi connectivity index (χ3v) is 9.04. The van der Waals surface area contributed by atoms with Crippen LogP contribution in [0.3, 0.4) is 0 Å². The molecule has 0 saturated carbocycles. The average Bonchev–Trinajstić information content (AvgIpc) is 3.04. The molecular weight excluding hydrogens is 568 g/mol. The first-order chi connectivity index (χ1) is 22.0. The van der Waals surface area contributed by atoms with E-state index in [0.29, 0.717) is 13.0 Å². The van der Waals surface area contributed by atoms with Gasteiger partial charge < -0.3 is 25.0 Å². The van der Waals surface area contributed by atoms with Gasteiger partial charge in [0, 0.05) is 17.9 Å². The summed E-state index contributed by atoms with van der Waals surface area (Å²) in [7, 11) is 0. The molecule has 0 aliphatic carbocycles. The fraction of sp³-hybridized carbons (Fsp3) is 0.917. The molecule has 5 atom stereocenters. The Morgan fingerprint density at radius 2 is 1.16 bits per heavy atom. The van der Waals surface area contributed by atoms with Crippen molar-refractivity contribution < 1.29 is 24.9 Å². The van der Waals surface area contributed by atoms with Crippen molar-refractivity contribution >= 4 is 5.91 Å². The highest BCUT2D eigenvalue weighted by molar-refractivity contribution is 5.76. The number of aliphatic hydroxyl groups is 3. The molecule has 1 aliphatic heterocycles. The molecule has 0 aromatic heterocycles. The van der Waals surface area contributed by atoms with Crippen molar-refractivity contribution in [3.63, 3.8) is 0 Å². The van der Waals surface area contributed by atoms with Crippen LogP contribution >= 0.6 is 0 Å². The first-order valence-corrected chi connectivity index (χ1v) is 18.6. The molecule has 1 aliphatic rings. The smallest absolute Gasteiger partial charge is 0.224 e. The highest BCUT2D eigenvalue weighted by Crippen LogP contribution is 2.26. The summed E-state index contributed by atoms with van der Waals surface area (Å²) in [6.07, 6.45) is 25.7. The number of amides is 1. The molecule has 1 rings (SSSR count). The van der Waals surface area contributed by atoms with Crippen molar-refractivity contribution in [3.8, 4) is 0 Å². The predicted octanol–water partition coefficient (Wildman–Crippen LogP) is 8.89. The molecule has 0 spiro atoms. The largest absolute Gasteiger partial charge is 0.388 e. The first-order valence-electron chi connectivity index (χ1n) is 18.6. The van der Waals surface area contributed by atoms with Crippen LogP contribution in [0.1, 0.15) is 168 Å². The van der Waals surface area contributed by atoms with Gasteiger partial charge in [0.1, 0.15) is 18.3 Å². The Balaban J connectivity index is 2.47. The number of carbonyl (C=O) groups excluding carboxylic acids is 1. The Morgan fingerprint density at radius 3 is 1.67 bits per heavy atom. The molecule has 0 bridgehead atoms. The van der Waals surface area contributed by atoms with Crippen LogP contribution in [-0.2, 0) is 9.53 Å². The van der Waals surface area contributed by atoms with Gasteiger partial charge in [0.15, 0.2) is 6.23 Å². The summed E-state index contributed by atoms with van der Waals surface area (Å²) in [5.41, 5.74) is 8.73. The lowest BCUT2D eigenvalue weighted by Gasteiger charge is -2.45. The standard InChI is InChI=1S/C36H68N4O5/c1-3-5-7-9-11-13-15-16-17-18-19-20-22-24-26-28-32(41)40(29-27-25-23-21-14-12-10-8-6-4-2)36-35(44)34(43)33(42)31(45-36)30-38-39-37/h16-17,31,33-36,42-44H,3-15,18-30H2,1-2H3/b17-16-/t31-,33-,34+,35-,36-/m1/s1. The molecule has 0 unspecified atom stereocenters. The zero-order valence-corrected chi connectivity index (χ0v) is 28.9. The Kier molecular flexibility index (Phi) is 26.3. The Labute approximate surface area is 274 Å². The lowest BCUT2D eigenvalue weighted by molar-refractivity contribution is -0.254. The quantitative estimate of drug-likeness (QED) is 0.0247. The minimum absolute atomic E-state index is 0.112. The van der Waals surface area contributed by atoms with E-state index in [1.807, 2.05) is 0 Å². The van der Waals surface area contributed by atoms with Gasteiger partial charge in [-0.3, -0.25) is 4.79 Å². The number of hydrogen-bond donors (Lipinski definition) is 3. The van der Waals surface area contributed by atoms with E-state index in [1.165, 1.54) is 96.3 Å². The van der Waals surface area contributed by atoms with E-state index in [4.69, 9.17) is 10.3 Å². The Morgan fingerprint density at radius 1 is 0.689 bits per heavy atom. The second-order valence-electron chi connectivity index (χ2n) is 13.1. The van der Waals surface area contributed by atoms with Crippen LogP contribution in [0.5, 0.6) is 0 Å². The van der Waals surface area contributed by atoms with Crippen molar-refractivity contribution in [2.24, 2.45) is 5.11 Å². The summed E-state index contributed by atoms with van der Waals surface area (Å²) in [6, 6.07) is 0. The molecule has 0 aromatic rings. The van der Waals surface area contributed by atoms with Crippen LogP contribution in [0, 0.1) is 0 Å². The molecule has 1 saturated heterocycles. The number of nitrogens with zero attached hydrogens (tertiary/aromatic N) is 4. The highest BCUT2D eigenvalue weighted by atomic mass is 16.6. The van der Waals surface area contributed by atoms with Crippen molar-refractivity contribution in [2.75, 3.05) is 13.1 Å². The maximum Gasteiger partial charge on any atom is 0.224 e. The molecule has 0 radical (unpaired) electrons. The van der Waals surface area contributed by atoms with E-state index in [1.54, 1.807) is 4.90 Å².